The molecule has 0 radical (unpaired) electrons. The average Bonchev–Trinajstić information content (AvgIpc) is 3.18. The largest absolute Gasteiger partial charge is 0.321 e. The van der Waals surface area contributed by atoms with E-state index in [2.05, 4.69) is 10.6 Å². The van der Waals surface area contributed by atoms with Gasteiger partial charge in [-0.25, -0.2) is 13.2 Å². The average molecular weight is 391 g/mol. The number of hydrogen-bond acceptors (Lipinski definition) is 2. The highest BCUT2D eigenvalue weighted by Crippen LogP contribution is 2.37. The first-order chi connectivity index (χ1) is 12.9. The van der Waals surface area contributed by atoms with Gasteiger partial charge in [0.25, 0.3) is 11.8 Å². The Morgan fingerprint density at radius 1 is 0.815 bits per heavy atom. The van der Waals surface area contributed by atoms with Crippen molar-refractivity contribution in [2.24, 2.45) is 0 Å². The maximum Gasteiger partial charge on any atom is 0.258 e. The maximum absolute atomic E-state index is 13.6. The molecule has 2 aromatic carbocycles. The lowest BCUT2D eigenvalue weighted by Gasteiger charge is -2.08. The Bertz CT molecular complexity index is 1070. The molecule has 4 nitrogen and oxygen atoms in total. The number of nitrogens with one attached hydrogen (secondary N) is 2. The number of halogens is 4. The Morgan fingerprint density at radius 3 is 1.93 bits per heavy atom. The summed E-state index contributed by atoms with van der Waals surface area (Å²) in [5.74, 6) is -5.42. The van der Waals surface area contributed by atoms with E-state index in [0.29, 0.717) is 5.56 Å². The molecule has 0 bridgehead atoms. The van der Waals surface area contributed by atoms with Crippen LogP contribution in [0.3, 0.4) is 0 Å². The van der Waals surface area contributed by atoms with E-state index in [1.165, 1.54) is 0 Å². The minimum absolute atomic E-state index is 0.0447. The van der Waals surface area contributed by atoms with Crippen LogP contribution in [-0.2, 0) is 15.5 Å². The van der Waals surface area contributed by atoms with Crippen molar-refractivity contribution < 1.29 is 22.8 Å². The number of fused-ring (bicyclic) bond motifs is 1. The summed E-state index contributed by atoms with van der Waals surface area (Å²) in [6.07, 6.45) is 0. The zero-order valence-electron chi connectivity index (χ0n) is 13.5. The minimum Gasteiger partial charge on any atom is -0.321 e. The zero-order chi connectivity index (χ0) is 19.3. The Kier molecular flexibility index (Phi) is 4.04. The molecule has 2 heterocycles. The second-order valence-corrected chi connectivity index (χ2v) is 6.26. The van der Waals surface area contributed by atoms with Gasteiger partial charge in [0.05, 0.1) is 22.5 Å². The van der Waals surface area contributed by atoms with Crippen molar-refractivity contribution in [3.05, 3.63) is 81.7 Å². The summed E-state index contributed by atoms with van der Waals surface area (Å²) in [5.41, 5.74) is 1.43. The molecule has 2 aromatic rings. The first-order valence-corrected chi connectivity index (χ1v) is 8.36. The molecule has 2 amide bonds. The van der Waals surface area contributed by atoms with E-state index in [1.54, 1.807) is 24.3 Å². The van der Waals surface area contributed by atoms with Crippen molar-refractivity contribution in [2.45, 2.75) is 5.88 Å². The molecule has 2 N–H and O–H groups in total. The first-order valence-electron chi connectivity index (χ1n) is 7.82. The van der Waals surface area contributed by atoms with Crippen molar-refractivity contribution in [1.29, 1.82) is 0 Å². The van der Waals surface area contributed by atoms with Gasteiger partial charge in [-0.15, -0.1) is 11.6 Å². The van der Waals surface area contributed by atoms with Gasteiger partial charge >= 0.3 is 0 Å². The Morgan fingerprint density at radius 2 is 1.37 bits per heavy atom. The van der Waals surface area contributed by atoms with Crippen LogP contribution in [0, 0.1) is 17.5 Å². The van der Waals surface area contributed by atoms with Crippen LogP contribution in [0.15, 0.2) is 47.5 Å². The van der Waals surface area contributed by atoms with Crippen LogP contribution >= 0.6 is 11.6 Å². The van der Waals surface area contributed by atoms with E-state index in [1.807, 2.05) is 0 Å². The second kappa shape index (κ2) is 6.28. The number of rotatable bonds is 3. The number of hydrogen-bond donors (Lipinski definition) is 2. The lowest BCUT2D eigenvalue weighted by Crippen LogP contribution is -2.21. The van der Waals surface area contributed by atoms with E-state index >= 15 is 0 Å². The molecule has 0 saturated heterocycles. The molecule has 136 valence electrons. The van der Waals surface area contributed by atoms with Gasteiger partial charge in [-0.1, -0.05) is 18.2 Å². The summed E-state index contributed by atoms with van der Waals surface area (Å²) in [6, 6.07) is 8.39. The van der Waals surface area contributed by atoms with E-state index in [-0.39, 0.29) is 34.0 Å². The highest BCUT2D eigenvalue weighted by molar-refractivity contribution is 6.30. The van der Waals surface area contributed by atoms with Gasteiger partial charge < -0.3 is 10.6 Å². The van der Waals surface area contributed by atoms with Crippen molar-refractivity contribution in [3.63, 3.8) is 0 Å². The van der Waals surface area contributed by atoms with Crippen LogP contribution in [0.4, 0.5) is 13.2 Å². The molecule has 0 aliphatic carbocycles. The number of carbonyl (C=O) groups is 2. The smallest absolute Gasteiger partial charge is 0.258 e. The number of carbonyl (C=O) groups excluding carboxylic acids is 2. The van der Waals surface area contributed by atoms with E-state index in [9.17, 15) is 22.8 Å². The van der Waals surface area contributed by atoms with Crippen LogP contribution in [0.5, 0.6) is 0 Å². The molecule has 0 fully saturated rings. The lowest BCUT2D eigenvalue weighted by atomic mass is 10.0. The van der Waals surface area contributed by atoms with Crippen molar-refractivity contribution >= 4 is 34.8 Å². The third-order valence-electron chi connectivity index (χ3n) is 4.32. The maximum atomic E-state index is 13.6. The summed E-state index contributed by atoms with van der Waals surface area (Å²) in [7, 11) is 0. The summed E-state index contributed by atoms with van der Waals surface area (Å²) in [6.45, 7) is 0. The topological polar surface area (TPSA) is 58.2 Å². The van der Waals surface area contributed by atoms with Crippen molar-refractivity contribution in [2.75, 3.05) is 0 Å². The Balaban J connectivity index is 1.90. The fourth-order valence-electron chi connectivity index (χ4n) is 3.12. The third kappa shape index (κ3) is 2.71. The number of amides is 2. The number of alkyl halides is 1. The van der Waals surface area contributed by atoms with Crippen LogP contribution in [0.25, 0.3) is 11.4 Å². The van der Waals surface area contributed by atoms with Crippen molar-refractivity contribution in [1.82, 2.24) is 10.6 Å². The highest BCUT2D eigenvalue weighted by Gasteiger charge is 2.41. The van der Waals surface area contributed by atoms with E-state index < -0.39 is 29.3 Å². The second-order valence-electron chi connectivity index (χ2n) is 6.00. The molecular weight excluding hydrogens is 381 g/mol. The Labute approximate surface area is 156 Å². The van der Waals surface area contributed by atoms with E-state index in [4.69, 9.17) is 11.6 Å². The van der Waals surface area contributed by atoms with E-state index in [0.717, 1.165) is 17.7 Å². The molecule has 8 heteroatoms. The molecule has 0 aromatic heterocycles. The highest BCUT2D eigenvalue weighted by atomic mass is 35.5. The normalized spacial score (nSPS) is 16.0. The molecule has 2 aliphatic heterocycles. The van der Waals surface area contributed by atoms with Gasteiger partial charge in [0.1, 0.15) is 0 Å². The fraction of sp³-hybridized carbons (Fsp3) is 0.0526. The summed E-state index contributed by atoms with van der Waals surface area (Å²) in [4.78, 5) is 24.9. The molecule has 0 saturated carbocycles. The van der Waals surface area contributed by atoms with Crippen LogP contribution < -0.4 is 10.6 Å². The van der Waals surface area contributed by atoms with Crippen LogP contribution in [-0.4, -0.2) is 11.8 Å². The lowest BCUT2D eigenvalue weighted by molar-refractivity contribution is -0.117. The number of benzene rings is 2. The van der Waals surface area contributed by atoms with Gasteiger partial charge in [0.2, 0.25) is 0 Å². The van der Waals surface area contributed by atoms with Gasteiger partial charge in [-0.05, 0) is 29.3 Å². The standard InChI is InChI=1S/C19H10ClF3N2O2/c20-7-8-2-1-3-9(4-8)16-13-14(19(27)24-16)17(25-18(13)26)10-5-11(21)15(23)12(22)6-10/h1-6H,7H2,(H,24,27)(H,25,26). The summed E-state index contributed by atoms with van der Waals surface area (Å²) >= 11 is 5.83. The SMILES string of the molecule is O=C1NC(c2cc(F)c(F)c(F)c2)=C2C(=O)NC(c3cccc(CCl)c3)=C12. The summed E-state index contributed by atoms with van der Waals surface area (Å²) < 4.78 is 40.4. The molecule has 0 atom stereocenters. The monoisotopic (exact) mass is 390 g/mol. The predicted molar refractivity (Wildman–Crippen MR) is 92.4 cm³/mol. The third-order valence-corrected chi connectivity index (χ3v) is 4.63. The van der Waals surface area contributed by atoms with Gasteiger partial charge in [-0.3, -0.25) is 9.59 Å². The zero-order valence-corrected chi connectivity index (χ0v) is 14.3. The molecular formula is C19H10ClF3N2O2. The summed E-state index contributed by atoms with van der Waals surface area (Å²) in [5, 5.41) is 5.06. The predicted octanol–water partition coefficient (Wildman–Crippen LogP) is 3.22. The quantitative estimate of drug-likeness (QED) is 0.624. The van der Waals surface area contributed by atoms with Gasteiger partial charge in [0.15, 0.2) is 17.5 Å². The molecule has 0 unspecified atom stereocenters. The molecule has 27 heavy (non-hydrogen) atoms. The van der Waals surface area contributed by atoms with Gasteiger partial charge in [0, 0.05) is 11.4 Å². The fourth-order valence-corrected chi connectivity index (χ4v) is 3.29. The first kappa shape index (κ1) is 17.4. The van der Waals surface area contributed by atoms with Crippen LogP contribution in [0.2, 0.25) is 0 Å². The van der Waals surface area contributed by atoms with Crippen molar-refractivity contribution in [3.8, 4) is 0 Å². The van der Waals surface area contributed by atoms with Gasteiger partial charge in [-0.2, -0.15) is 0 Å². The van der Waals surface area contributed by atoms with Crippen LogP contribution in [0.1, 0.15) is 16.7 Å². The molecule has 2 aliphatic rings. The molecule has 4 rings (SSSR count). The molecule has 0 spiro atoms. The minimum atomic E-state index is -1.63. The Hall–Kier alpha value is -3.06.